The Morgan fingerprint density at radius 1 is 1.09 bits per heavy atom. The highest BCUT2D eigenvalue weighted by Crippen LogP contribution is 2.43. The van der Waals surface area contributed by atoms with Crippen LogP contribution in [-0.2, 0) is 26.3 Å². The van der Waals surface area contributed by atoms with Gasteiger partial charge in [-0.3, -0.25) is 9.69 Å². The highest BCUT2D eigenvalue weighted by Gasteiger charge is 2.46. The number of fused-ring (bicyclic) bond motifs is 1. The molecule has 2 aromatic rings. The Morgan fingerprint density at radius 2 is 1.75 bits per heavy atom. The van der Waals surface area contributed by atoms with Gasteiger partial charge in [0.15, 0.2) is 5.17 Å². The molecule has 1 amide bonds. The molecule has 2 atom stereocenters. The van der Waals surface area contributed by atoms with Gasteiger partial charge in [-0.2, -0.15) is 0 Å². The van der Waals surface area contributed by atoms with Gasteiger partial charge in [0.05, 0.1) is 22.6 Å². The third kappa shape index (κ3) is 4.24. The van der Waals surface area contributed by atoms with E-state index in [4.69, 9.17) is 4.74 Å². The highest BCUT2D eigenvalue weighted by atomic mass is 32.2. The van der Waals surface area contributed by atoms with Gasteiger partial charge in [0.1, 0.15) is 6.61 Å². The van der Waals surface area contributed by atoms with Crippen LogP contribution in [0.5, 0.6) is 0 Å². The maximum Gasteiger partial charge on any atom is 0.338 e. The first kappa shape index (κ1) is 22.3. The third-order valence-corrected chi connectivity index (χ3v) is 6.84. The van der Waals surface area contributed by atoms with Gasteiger partial charge in [0.2, 0.25) is 5.91 Å². The number of nitrogens with zero attached hydrogens (tertiary/aromatic N) is 2. The number of amides is 1. The van der Waals surface area contributed by atoms with Gasteiger partial charge in [-0.25, -0.2) is 9.79 Å². The summed E-state index contributed by atoms with van der Waals surface area (Å²) in [5.41, 5.74) is 3.99. The van der Waals surface area contributed by atoms with Crippen LogP contribution in [0.1, 0.15) is 57.4 Å². The van der Waals surface area contributed by atoms with Gasteiger partial charge in [0.25, 0.3) is 0 Å². The molecule has 0 unspecified atom stereocenters. The van der Waals surface area contributed by atoms with Crippen LogP contribution in [0.4, 0.5) is 0 Å². The first-order valence-electron chi connectivity index (χ1n) is 10.8. The lowest BCUT2D eigenvalue weighted by Gasteiger charge is -2.33. The normalized spacial score (nSPS) is 20.8. The van der Waals surface area contributed by atoms with E-state index < -0.39 is 12.0 Å². The van der Waals surface area contributed by atoms with Crippen molar-refractivity contribution in [2.45, 2.75) is 57.9 Å². The fraction of sp³-hybridized carbons (Fsp3) is 0.346. The van der Waals surface area contributed by atoms with Gasteiger partial charge in [-0.05, 0) is 36.0 Å². The van der Waals surface area contributed by atoms with Gasteiger partial charge in [0, 0.05) is 0 Å². The molecule has 166 valence electrons. The van der Waals surface area contributed by atoms with E-state index in [0.717, 1.165) is 11.1 Å². The van der Waals surface area contributed by atoms with Crippen LogP contribution in [0.15, 0.2) is 70.9 Å². The van der Waals surface area contributed by atoms with Gasteiger partial charge in [-0.15, -0.1) is 0 Å². The van der Waals surface area contributed by atoms with Crippen molar-refractivity contribution in [3.05, 3.63) is 82.6 Å². The summed E-state index contributed by atoms with van der Waals surface area (Å²) in [4.78, 5) is 32.6. The van der Waals surface area contributed by atoms with E-state index in [1.54, 1.807) is 4.90 Å². The Bertz CT molecular complexity index is 1100. The smallest absolute Gasteiger partial charge is 0.338 e. The van der Waals surface area contributed by atoms with E-state index in [9.17, 15) is 9.59 Å². The molecule has 0 radical (unpaired) electrons. The summed E-state index contributed by atoms with van der Waals surface area (Å²) >= 11 is 1.43. The van der Waals surface area contributed by atoms with E-state index in [1.165, 1.54) is 17.3 Å². The highest BCUT2D eigenvalue weighted by molar-refractivity contribution is 8.15. The number of aliphatic imine (C=N–C) groups is 1. The molecule has 1 saturated heterocycles. The zero-order chi connectivity index (χ0) is 23.0. The molecule has 0 spiro atoms. The number of hydrogen-bond donors (Lipinski definition) is 0. The van der Waals surface area contributed by atoms with Crippen LogP contribution < -0.4 is 0 Å². The van der Waals surface area contributed by atoms with Crippen molar-refractivity contribution in [1.29, 1.82) is 0 Å². The summed E-state index contributed by atoms with van der Waals surface area (Å²) in [5.74, 6) is -0.490. The molecule has 2 aromatic carbocycles. The van der Waals surface area contributed by atoms with Crippen LogP contribution in [0.3, 0.4) is 0 Å². The third-order valence-electron chi connectivity index (χ3n) is 5.78. The summed E-state index contributed by atoms with van der Waals surface area (Å²) in [7, 11) is 0. The minimum Gasteiger partial charge on any atom is -0.457 e. The number of benzene rings is 2. The molecular weight excluding hydrogens is 420 g/mol. The van der Waals surface area contributed by atoms with Crippen LogP contribution >= 0.6 is 11.8 Å². The average molecular weight is 449 g/mol. The van der Waals surface area contributed by atoms with E-state index >= 15 is 0 Å². The fourth-order valence-electron chi connectivity index (χ4n) is 3.95. The number of amidine groups is 1. The van der Waals surface area contributed by atoms with Crippen molar-refractivity contribution in [3.63, 3.8) is 0 Å². The monoisotopic (exact) mass is 448 g/mol. The molecule has 0 N–H and O–H groups in total. The Kier molecular flexibility index (Phi) is 5.99. The topological polar surface area (TPSA) is 59.0 Å². The number of hydrogen-bond acceptors (Lipinski definition) is 5. The number of rotatable bonds is 4. The van der Waals surface area contributed by atoms with Crippen LogP contribution in [0, 0.1) is 0 Å². The number of esters is 1. The molecule has 2 aliphatic heterocycles. The van der Waals surface area contributed by atoms with E-state index in [1.807, 2.05) is 56.3 Å². The van der Waals surface area contributed by atoms with Gasteiger partial charge in [-0.1, -0.05) is 87.1 Å². The van der Waals surface area contributed by atoms with Crippen molar-refractivity contribution < 1.29 is 14.3 Å². The fourth-order valence-corrected chi connectivity index (χ4v) is 4.97. The molecule has 6 heteroatoms. The lowest BCUT2D eigenvalue weighted by atomic mass is 9.85. The Balaban J connectivity index is 1.71. The molecule has 32 heavy (non-hydrogen) atoms. The van der Waals surface area contributed by atoms with Crippen molar-refractivity contribution in [2.24, 2.45) is 4.99 Å². The zero-order valence-corrected chi connectivity index (χ0v) is 19.9. The molecule has 0 aliphatic carbocycles. The number of carbonyl (C=O) groups excluding carboxylic acids is 2. The summed E-state index contributed by atoms with van der Waals surface area (Å²) in [6.45, 7) is 10.3. The van der Waals surface area contributed by atoms with Crippen LogP contribution in [0.25, 0.3) is 0 Å². The molecule has 2 heterocycles. The van der Waals surface area contributed by atoms with Gasteiger partial charge < -0.3 is 4.74 Å². The molecule has 0 bridgehead atoms. The molecule has 0 aromatic heterocycles. The summed E-state index contributed by atoms with van der Waals surface area (Å²) in [6.07, 6.45) is 0. The molecule has 5 nitrogen and oxygen atoms in total. The summed E-state index contributed by atoms with van der Waals surface area (Å²) < 4.78 is 5.67. The van der Waals surface area contributed by atoms with Crippen molar-refractivity contribution in [2.75, 3.05) is 0 Å². The Morgan fingerprint density at radius 3 is 2.38 bits per heavy atom. The molecule has 4 rings (SSSR count). The Hall–Kier alpha value is -2.86. The first-order valence-corrected chi connectivity index (χ1v) is 11.7. The SMILES string of the molecule is CC1=C(C(=O)OCc2ccccc2)[C@H](c2ccc(C(C)(C)C)cc2)N2C(=O)[C@H](C)SC2=N1. The van der Waals surface area contributed by atoms with E-state index in [-0.39, 0.29) is 23.2 Å². The molecule has 2 aliphatic rings. The standard InChI is InChI=1S/C26H28N2O3S/c1-16-21(24(30)31-15-18-9-7-6-8-10-18)22(28-23(29)17(2)32-25(28)27-16)19-11-13-20(14-12-19)26(3,4)5/h6-14,17,22H,15H2,1-5H3/t17-,22-/m0/s1. The molecular formula is C26H28N2O3S. The van der Waals surface area contributed by atoms with Gasteiger partial charge >= 0.3 is 5.97 Å². The van der Waals surface area contributed by atoms with Crippen LogP contribution in [-0.4, -0.2) is 27.2 Å². The van der Waals surface area contributed by atoms with Crippen molar-refractivity contribution in [3.8, 4) is 0 Å². The van der Waals surface area contributed by atoms with Crippen LogP contribution in [0.2, 0.25) is 0 Å². The zero-order valence-electron chi connectivity index (χ0n) is 19.1. The first-order chi connectivity index (χ1) is 15.2. The minimum atomic E-state index is -0.551. The second-order valence-corrected chi connectivity index (χ2v) is 10.5. The maximum absolute atomic E-state index is 13.3. The Labute approximate surface area is 193 Å². The predicted octanol–water partition coefficient (Wildman–Crippen LogP) is 5.38. The summed E-state index contributed by atoms with van der Waals surface area (Å²) in [5, 5.41) is 0.405. The van der Waals surface area contributed by atoms with E-state index in [0.29, 0.717) is 16.4 Å². The lowest BCUT2D eigenvalue weighted by Crippen LogP contribution is -2.40. The number of allylic oxidation sites excluding steroid dienone is 1. The maximum atomic E-state index is 13.3. The second-order valence-electron chi connectivity index (χ2n) is 9.20. The van der Waals surface area contributed by atoms with E-state index in [2.05, 4.69) is 37.9 Å². The number of carbonyl (C=O) groups is 2. The van der Waals surface area contributed by atoms with Crippen molar-refractivity contribution >= 4 is 28.8 Å². The molecule has 0 saturated carbocycles. The number of thioether (sulfide) groups is 1. The minimum absolute atomic E-state index is 0.00867. The lowest BCUT2D eigenvalue weighted by molar-refractivity contribution is -0.141. The quantitative estimate of drug-likeness (QED) is 0.590. The largest absolute Gasteiger partial charge is 0.457 e. The van der Waals surface area contributed by atoms with Crippen molar-refractivity contribution in [1.82, 2.24) is 4.90 Å². The molecule has 1 fully saturated rings. The average Bonchev–Trinajstić information content (AvgIpc) is 3.04. The number of ether oxygens (including phenoxy) is 1. The predicted molar refractivity (Wildman–Crippen MR) is 128 cm³/mol. The second kappa shape index (κ2) is 8.58. The summed E-state index contributed by atoms with van der Waals surface area (Å²) in [6, 6.07) is 17.2.